The topological polar surface area (TPSA) is 74.6 Å². The van der Waals surface area contributed by atoms with E-state index in [1.807, 2.05) is 0 Å². The minimum absolute atomic E-state index is 0.248. The van der Waals surface area contributed by atoms with Gasteiger partial charge in [-0.25, -0.2) is 0 Å². The van der Waals surface area contributed by atoms with Gasteiger partial charge in [-0.3, -0.25) is 9.59 Å². The second-order valence-electron chi connectivity index (χ2n) is 2.89. The summed E-state index contributed by atoms with van der Waals surface area (Å²) in [6, 6.07) is 0. The van der Waals surface area contributed by atoms with E-state index >= 15 is 0 Å². The minimum atomic E-state index is -0.295. The standard InChI is InChI=1S/C7H12O2.CH2O2/c1-5(8)6-2-3-7(9)4-6;2-1-3/h5-6,8H,2-4H2,1H3;1H,(H,2,3). The fourth-order valence-corrected chi connectivity index (χ4v) is 1.25. The summed E-state index contributed by atoms with van der Waals surface area (Å²) in [5.41, 5.74) is 0. The van der Waals surface area contributed by atoms with E-state index in [9.17, 15) is 4.79 Å². The van der Waals surface area contributed by atoms with Gasteiger partial charge in [-0.05, 0) is 19.3 Å². The van der Waals surface area contributed by atoms with Crippen LogP contribution < -0.4 is 0 Å². The van der Waals surface area contributed by atoms with Crippen molar-refractivity contribution in [3.05, 3.63) is 0 Å². The van der Waals surface area contributed by atoms with Crippen LogP contribution >= 0.6 is 0 Å². The highest BCUT2D eigenvalue weighted by Gasteiger charge is 2.25. The van der Waals surface area contributed by atoms with Crippen LogP contribution in [0, 0.1) is 5.92 Å². The molecule has 1 rings (SSSR count). The van der Waals surface area contributed by atoms with Crippen molar-refractivity contribution >= 4 is 12.3 Å². The first-order valence-corrected chi connectivity index (χ1v) is 3.89. The van der Waals surface area contributed by atoms with Crippen LogP contribution in [0.3, 0.4) is 0 Å². The average Bonchev–Trinajstić information content (AvgIpc) is 2.37. The lowest BCUT2D eigenvalue weighted by atomic mass is 10.0. The molecular formula is C8H14O4. The van der Waals surface area contributed by atoms with E-state index in [4.69, 9.17) is 15.0 Å². The third kappa shape index (κ3) is 4.08. The lowest BCUT2D eigenvalue weighted by molar-refractivity contribution is -0.123. The maximum Gasteiger partial charge on any atom is 0.290 e. The molecule has 0 aromatic heterocycles. The van der Waals surface area contributed by atoms with Crippen molar-refractivity contribution in [3.63, 3.8) is 0 Å². The third-order valence-corrected chi connectivity index (χ3v) is 1.97. The second kappa shape index (κ2) is 5.71. The number of rotatable bonds is 1. The Hall–Kier alpha value is -0.900. The molecule has 2 atom stereocenters. The van der Waals surface area contributed by atoms with Gasteiger partial charge in [0.15, 0.2) is 0 Å². The van der Waals surface area contributed by atoms with Gasteiger partial charge >= 0.3 is 0 Å². The summed E-state index contributed by atoms with van der Waals surface area (Å²) in [7, 11) is 0. The van der Waals surface area contributed by atoms with Crippen LogP contribution in [0.1, 0.15) is 26.2 Å². The van der Waals surface area contributed by atoms with Crippen LogP contribution in [0.5, 0.6) is 0 Å². The molecule has 70 valence electrons. The highest BCUT2D eigenvalue weighted by Crippen LogP contribution is 2.24. The summed E-state index contributed by atoms with van der Waals surface area (Å²) in [6.07, 6.45) is 1.86. The number of aliphatic hydroxyl groups excluding tert-OH is 1. The molecule has 0 heterocycles. The Morgan fingerprint density at radius 1 is 1.67 bits per heavy atom. The maximum absolute atomic E-state index is 10.6. The van der Waals surface area contributed by atoms with Gasteiger partial charge < -0.3 is 10.2 Å². The van der Waals surface area contributed by atoms with E-state index in [0.29, 0.717) is 18.6 Å². The highest BCUT2D eigenvalue weighted by atomic mass is 16.3. The number of ketones is 1. The Balaban J connectivity index is 0.000000354. The van der Waals surface area contributed by atoms with Gasteiger partial charge in [0.05, 0.1) is 6.10 Å². The third-order valence-electron chi connectivity index (χ3n) is 1.97. The van der Waals surface area contributed by atoms with Crippen molar-refractivity contribution in [2.75, 3.05) is 0 Å². The number of aliphatic hydroxyl groups is 1. The molecular weight excluding hydrogens is 160 g/mol. The molecule has 0 amide bonds. The fourth-order valence-electron chi connectivity index (χ4n) is 1.25. The van der Waals surface area contributed by atoms with Crippen LogP contribution in [0.2, 0.25) is 0 Å². The summed E-state index contributed by atoms with van der Waals surface area (Å²) in [5, 5.41) is 15.9. The maximum atomic E-state index is 10.6. The molecule has 1 aliphatic rings. The lowest BCUT2D eigenvalue weighted by Crippen LogP contribution is -2.12. The van der Waals surface area contributed by atoms with Crippen molar-refractivity contribution in [1.29, 1.82) is 0 Å². The van der Waals surface area contributed by atoms with E-state index < -0.39 is 0 Å². The molecule has 1 fully saturated rings. The Bertz CT molecular complexity index is 153. The van der Waals surface area contributed by atoms with Gasteiger partial charge in [0.25, 0.3) is 6.47 Å². The summed E-state index contributed by atoms with van der Waals surface area (Å²) in [6.45, 7) is 1.50. The number of hydrogen-bond acceptors (Lipinski definition) is 3. The van der Waals surface area contributed by atoms with Crippen molar-refractivity contribution in [1.82, 2.24) is 0 Å². The Kier molecular flexibility index (Phi) is 5.28. The van der Waals surface area contributed by atoms with Gasteiger partial charge in [0, 0.05) is 12.8 Å². The molecule has 0 aromatic rings. The molecule has 1 saturated carbocycles. The number of hydrogen-bond donors (Lipinski definition) is 2. The van der Waals surface area contributed by atoms with E-state index in [-0.39, 0.29) is 18.5 Å². The summed E-state index contributed by atoms with van der Waals surface area (Å²) in [5.74, 6) is 0.554. The first-order chi connectivity index (χ1) is 5.61. The molecule has 2 unspecified atom stereocenters. The van der Waals surface area contributed by atoms with Crippen molar-refractivity contribution in [3.8, 4) is 0 Å². The van der Waals surface area contributed by atoms with Crippen molar-refractivity contribution in [2.45, 2.75) is 32.3 Å². The largest absolute Gasteiger partial charge is 0.483 e. The van der Waals surface area contributed by atoms with Gasteiger partial charge in [0.2, 0.25) is 0 Å². The molecule has 0 saturated heterocycles. The predicted octanol–water partition coefficient (Wildman–Crippen LogP) is 0.437. The zero-order valence-corrected chi connectivity index (χ0v) is 7.06. The fraction of sp³-hybridized carbons (Fsp3) is 0.750. The van der Waals surface area contributed by atoms with Crippen molar-refractivity contribution in [2.24, 2.45) is 5.92 Å². The number of Topliss-reactive ketones (excluding diaryl/α,β-unsaturated/α-hetero) is 1. The molecule has 0 aliphatic heterocycles. The van der Waals surface area contributed by atoms with Gasteiger partial charge in [-0.1, -0.05) is 0 Å². The van der Waals surface area contributed by atoms with E-state index in [1.54, 1.807) is 6.92 Å². The van der Waals surface area contributed by atoms with Crippen molar-refractivity contribution < 1.29 is 19.8 Å². The van der Waals surface area contributed by atoms with Gasteiger partial charge in [-0.15, -0.1) is 0 Å². The van der Waals surface area contributed by atoms with Crippen LogP contribution in [-0.2, 0) is 9.59 Å². The molecule has 0 aromatic carbocycles. The number of carbonyl (C=O) groups excluding carboxylic acids is 1. The molecule has 4 nitrogen and oxygen atoms in total. The molecule has 0 radical (unpaired) electrons. The van der Waals surface area contributed by atoms with E-state index in [2.05, 4.69) is 0 Å². The Labute approximate surface area is 71.2 Å². The van der Waals surface area contributed by atoms with Gasteiger partial charge in [-0.2, -0.15) is 0 Å². The van der Waals surface area contributed by atoms with Crippen LogP contribution in [0.25, 0.3) is 0 Å². The number of carbonyl (C=O) groups is 2. The molecule has 0 bridgehead atoms. The average molecular weight is 174 g/mol. The molecule has 1 aliphatic carbocycles. The zero-order valence-electron chi connectivity index (χ0n) is 7.06. The normalized spacial score (nSPS) is 24.2. The van der Waals surface area contributed by atoms with Gasteiger partial charge in [0.1, 0.15) is 5.78 Å². The Morgan fingerprint density at radius 3 is 2.33 bits per heavy atom. The molecule has 2 N–H and O–H groups in total. The first kappa shape index (κ1) is 11.1. The first-order valence-electron chi connectivity index (χ1n) is 3.89. The second-order valence-corrected chi connectivity index (χ2v) is 2.89. The highest BCUT2D eigenvalue weighted by molar-refractivity contribution is 5.80. The van der Waals surface area contributed by atoms with E-state index in [0.717, 1.165) is 6.42 Å². The quantitative estimate of drug-likeness (QED) is 0.565. The van der Waals surface area contributed by atoms with E-state index in [1.165, 1.54) is 0 Å². The summed E-state index contributed by atoms with van der Waals surface area (Å²) < 4.78 is 0. The van der Waals surface area contributed by atoms with Crippen LogP contribution in [0.15, 0.2) is 0 Å². The molecule has 12 heavy (non-hydrogen) atoms. The molecule has 4 heteroatoms. The number of carboxylic acid groups (broad SMARTS) is 1. The minimum Gasteiger partial charge on any atom is -0.483 e. The monoisotopic (exact) mass is 174 g/mol. The van der Waals surface area contributed by atoms with Crippen LogP contribution in [-0.4, -0.2) is 28.6 Å². The SMILES string of the molecule is CC(O)C1CCC(=O)C1.O=CO. The smallest absolute Gasteiger partial charge is 0.290 e. The summed E-state index contributed by atoms with van der Waals surface area (Å²) >= 11 is 0. The Morgan fingerprint density at radius 2 is 2.17 bits per heavy atom. The summed E-state index contributed by atoms with van der Waals surface area (Å²) in [4.78, 5) is 19.0. The molecule has 0 spiro atoms. The lowest BCUT2D eigenvalue weighted by Gasteiger charge is -2.09. The van der Waals surface area contributed by atoms with Crippen LogP contribution in [0.4, 0.5) is 0 Å². The predicted molar refractivity (Wildman–Crippen MR) is 42.7 cm³/mol. The zero-order chi connectivity index (χ0) is 9.56.